The van der Waals surface area contributed by atoms with Gasteiger partial charge in [-0.1, -0.05) is 0 Å². The fraction of sp³-hybridized carbons (Fsp3) is 0.312. The molecular weight excluding hydrogens is 255 g/mol. The zero-order chi connectivity index (χ0) is 13.9. The molecule has 4 heteroatoms. The normalized spacial score (nSPS) is 19.2. The van der Waals surface area contributed by atoms with Gasteiger partial charge in [-0.25, -0.2) is 4.39 Å². The Balaban J connectivity index is 1.79. The van der Waals surface area contributed by atoms with Crippen LogP contribution in [-0.4, -0.2) is 23.5 Å². The van der Waals surface area contributed by atoms with Gasteiger partial charge in [0.1, 0.15) is 17.3 Å². The van der Waals surface area contributed by atoms with Gasteiger partial charge in [0, 0.05) is 12.3 Å². The first-order chi connectivity index (χ1) is 9.72. The number of likely N-dealkylation sites (tertiary alicyclic amines) is 1. The number of nitrogens with zero attached hydrogens (tertiary/aromatic N) is 2. The highest BCUT2D eigenvalue weighted by atomic mass is 19.1. The summed E-state index contributed by atoms with van der Waals surface area (Å²) < 4.78 is 18.6. The maximum absolute atomic E-state index is 12.9. The minimum atomic E-state index is -0.264. The maximum Gasteiger partial charge on any atom is 0.130 e. The molecule has 0 N–H and O–H groups in total. The predicted octanol–water partition coefficient (Wildman–Crippen LogP) is 3.78. The van der Waals surface area contributed by atoms with Gasteiger partial charge >= 0.3 is 0 Å². The first kappa shape index (κ1) is 13.1. The Morgan fingerprint density at radius 2 is 2.00 bits per heavy atom. The number of rotatable bonds is 3. The molecule has 3 nitrogen and oxygen atoms in total. The second kappa shape index (κ2) is 5.59. The molecule has 3 rings (SSSR count). The minimum Gasteiger partial charge on any atom is -0.457 e. The molecule has 1 fully saturated rings. The lowest BCUT2D eigenvalue weighted by Gasteiger charge is -2.19. The molecule has 0 amide bonds. The van der Waals surface area contributed by atoms with Gasteiger partial charge in [-0.05, 0) is 56.8 Å². The number of ether oxygens (including phenoxy) is 1. The van der Waals surface area contributed by atoms with Crippen molar-refractivity contribution in [3.8, 4) is 11.5 Å². The lowest BCUT2D eigenvalue weighted by atomic mass is 10.1. The third-order valence-electron chi connectivity index (χ3n) is 3.66. The van der Waals surface area contributed by atoms with Crippen LogP contribution in [0.1, 0.15) is 24.6 Å². The molecule has 0 saturated carbocycles. The Labute approximate surface area is 118 Å². The largest absolute Gasteiger partial charge is 0.457 e. The van der Waals surface area contributed by atoms with Crippen molar-refractivity contribution in [3.05, 3.63) is 54.1 Å². The van der Waals surface area contributed by atoms with Gasteiger partial charge in [-0.2, -0.15) is 0 Å². The van der Waals surface area contributed by atoms with Crippen LogP contribution in [0.3, 0.4) is 0 Å². The van der Waals surface area contributed by atoms with E-state index in [0.29, 0.717) is 11.8 Å². The third kappa shape index (κ3) is 2.80. The quantitative estimate of drug-likeness (QED) is 0.850. The molecule has 1 aromatic carbocycles. The van der Waals surface area contributed by atoms with Gasteiger partial charge in [0.05, 0.1) is 11.7 Å². The second-order valence-electron chi connectivity index (χ2n) is 5.11. The zero-order valence-electron chi connectivity index (χ0n) is 11.4. The highest BCUT2D eigenvalue weighted by Gasteiger charge is 2.23. The molecule has 0 bridgehead atoms. The van der Waals surface area contributed by atoms with Crippen molar-refractivity contribution in [2.45, 2.75) is 18.9 Å². The van der Waals surface area contributed by atoms with E-state index in [1.165, 1.54) is 18.6 Å². The number of benzene rings is 1. The number of hydrogen-bond donors (Lipinski definition) is 0. The summed E-state index contributed by atoms with van der Waals surface area (Å²) in [6.45, 7) is 1.11. The molecule has 0 radical (unpaired) electrons. The van der Waals surface area contributed by atoms with Crippen LogP contribution < -0.4 is 4.74 Å². The molecule has 1 aromatic heterocycles. The van der Waals surface area contributed by atoms with E-state index in [-0.39, 0.29) is 5.82 Å². The Hall–Kier alpha value is -1.94. The van der Waals surface area contributed by atoms with Crippen molar-refractivity contribution >= 4 is 0 Å². The Kier molecular flexibility index (Phi) is 3.65. The van der Waals surface area contributed by atoms with E-state index in [1.54, 1.807) is 18.3 Å². The smallest absolute Gasteiger partial charge is 0.130 e. The number of hydrogen-bond acceptors (Lipinski definition) is 3. The molecule has 2 aromatic rings. The predicted molar refractivity (Wildman–Crippen MR) is 75.3 cm³/mol. The third-order valence-corrected chi connectivity index (χ3v) is 3.66. The van der Waals surface area contributed by atoms with E-state index in [0.717, 1.165) is 24.4 Å². The van der Waals surface area contributed by atoms with Gasteiger partial charge in [-0.15, -0.1) is 0 Å². The zero-order valence-corrected chi connectivity index (χ0v) is 11.4. The van der Waals surface area contributed by atoms with E-state index < -0.39 is 0 Å². The summed E-state index contributed by atoms with van der Waals surface area (Å²) in [7, 11) is 2.12. The van der Waals surface area contributed by atoms with Crippen LogP contribution in [0.5, 0.6) is 11.5 Å². The Morgan fingerprint density at radius 1 is 1.20 bits per heavy atom. The monoisotopic (exact) mass is 272 g/mol. The van der Waals surface area contributed by atoms with Gasteiger partial charge in [0.2, 0.25) is 0 Å². The maximum atomic E-state index is 12.9. The van der Waals surface area contributed by atoms with Crippen LogP contribution in [0.2, 0.25) is 0 Å². The van der Waals surface area contributed by atoms with E-state index >= 15 is 0 Å². The molecule has 1 atom stereocenters. The summed E-state index contributed by atoms with van der Waals surface area (Å²) in [5, 5.41) is 0. The molecule has 1 aliphatic heterocycles. The van der Waals surface area contributed by atoms with Crippen molar-refractivity contribution in [1.29, 1.82) is 0 Å². The first-order valence-corrected chi connectivity index (χ1v) is 6.82. The fourth-order valence-corrected chi connectivity index (χ4v) is 2.60. The minimum absolute atomic E-state index is 0.264. The molecular formula is C16H17FN2O. The van der Waals surface area contributed by atoms with Gasteiger partial charge < -0.3 is 4.74 Å². The molecule has 1 unspecified atom stereocenters. The highest BCUT2D eigenvalue weighted by Crippen LogP contribution is 2.31. The number of pyridine rings is 1. The van der Waals surface area contributed by atoms with Crippen LogP contribution >= 0.6 is 0 Å². The Bertz CT molecular complexity index is 585. The SMILES string of the molecule is CN1CCCC1c1cc(Oc2ccc(F)cc2)ccn1. The molecule has 20 heavy (non-hydrogen) atoms. The molecule has 1 aliphatic rings. The molecule has 0 aliphatic carbocycles. The van der Waals surface area contributed by atoms with Crippen molar-refractivity contribution in [2.75, 3.05) is 13.6 Å². The average molecular weight is 272 g/mol. The van der Waals surface area contributed by atoms with Gasteiger partial charge in [-0.3, -0.25) is 9.88 Å². The van der Waals surface area contributed by atoms with E-state index in [4.69, 9.17) is 4.74 Å². The fourth-order valence-electron chi connectivity index (χ4n) is 2.60. The van der Waals surface area contributed by atoms with Crippen LogP contribution in [-0.2, 0) is 0 Å². The van der Waals surface area contributed by atoms with Crippen molar-refractivity contribution in [1.82, 2.24) is 9.88 Å². The summed E-state index contributed by atoms with van der Waals surface area (Å²) in [4.78, 5) is 6.76. The summed E-state index contributed by atoms with van der Waals surface area (Å²) >= 11 is 0. The summed E-state index contributed by atoms with van der Waals surface area (Å²) in [6, 6.07) is 10.2. The lowest BCUT2D eigenvalue weighted by Crippen LogP contribution is -2.18. The van der Waals surface area contributed by atoms with Crippen LogP contribution in [0.15, 0.2) is 42.6 Å². The van der Waals surface area contributed by atoms with Crippen LogP contribution in [0, 0.1) is 5.82 Å². The van der Waals surface area contributed by atoms with Crippen molar-refractivity contribution < 1.29 is 9.13 Å². The molecule has 0 spiro atoms. The summed E-state index contributed by atoms with van der Waals surface area (Å²) in [6.07, 6.45) is 4.09. The standard InChI is InChI=1S/C16H17FN2O/c1-19-10-2-3-16(19)15-11-14(8-9-18-15)20-13-6-4-12(17)5-7-13/h4-9,11,16H,2-3,10H2,1H3. The van der Waals surface area contributed by atoms with Gasteiger partial charge in [0.15, 0.2) is 0 Å². The van der Waals surface area contributed by atoms with Crippen molar-refractivity contribution in [3.63, 3.8) is 0 Å². The van der Waals surface area contributed by atoms with Crippen LogP contribution in [0.25, 0.3) is 0 Å². The van der Waals surface area contributed by atoms with Crippen LogP contribution in [0.4, 0.5) is 4.39 Å². The van der Waals surface area contributed by atoms with E-state index in [9.17, 15) is 4.39 Å². The second-order valence-corrected chi connectivity index (χ2v) is 5.11. The number of halogens is 1. The highest BCUT2D eigenvalue weighted by molar-refractivity contribution is 5.32. The van der Waals surface area contributed by atoms with E-state index in [2.05, 4.69) is 16.9 Å². The first-order valence-electron chi connectivity index (χ1n) is 6.82. The summed E-state index contributed by atoms with van der Waals surface area (Å²) in [5.74, 6) is 1.10. The molecule has 104 valence electrons. The Morgan fingerprint density at radius 3 is 2.70 bits per heavy atom. The molecule has 1 saturated heterocycles. The van der Waals surface area contributed by atoms with Gasteiger partial charge in [0.25, 0.3) is 0 Å². The topological polar surface area (TPSA) is 25.4 Å². The number of aromatic nitrogens is 1. The van der Waals surface area contributed by atoms with E-state index in [1.807, 2.05) is 12.1 Å². The lowest BCUT2D eigenvalue weighted by molar-refractivity contribution is 0.311. The molecule has 2 heterocycles. The van der Waals surface area contributed by atoms with Crippen molar-refractivity contribution in [2.24, 2.45) is 0 Å². The summed E-state index contributed by atoms with van der Waals surface area (Å²) in [5.41, 5.74) is 1.03. The average Bonchev–Trinajstić information content (AvgIpc) is 2.88.